The number of hydrogen-bond donors (Lipinski definition) is 2. The molecule has 21 heavy (non-hydrogen) atoms. The number of anilines is 3. The third-order valence-corrected chi connectivity index (χ3v) is 3.11. The summed E-state index contributed by atoms with van der Waals surface area (Å²) in [6, 6.07) is 11.6. The van der Waals surface area contributed by atoms with Gasteiger partial charge in [0, 0.05) is 23.5 Å². The summed E-state index contributed by atoms with van der Waals surface area (Å²) in [6.45, 7) is 6.17. The minimum Gasteiger partial charge on any atom is -0.367 e. The first kappa shape index (κ1) is 14.8. The molecule has 2 rings (SSSR count). The maximum absolute atomic E-state index is 8.92. The number of aryl methyl sites for hydroxylation is 1. The Hall–Kier alpha value is -2.61. The van der Waals surface area contributed by atoms with Crippen LogP contribution in [0.25, 0.3) is 0 Å². The van der Waals surface area contributed by atoms with Gasteiger partial charge in [0.05, 0.1) is 11.6 Å². The maximum Gasteiger partial charge on any atom is 0.229 e. The lowest BCUT2D eigenvalue weighted by Crippen LogP contribution is -2.15. The van der Waals surface area contributed by atoms with Gasteiger partial charge >= 0.3 is 0 Å². The van der Waals surface area contributed by atoms with Crippen LogP contribution in [0.15, 0.2) is 30.3 Å². The fourth-order valence-electron chi connectivity index (χ4n) is 1.85. The summed E-state index contributed by atoms with van der Waals surface area (Å²) in [5.41, 5.74) is 2.29. The molecule has 1 unspecified atom stereocenters. The predicted molar refractivity (Wildman–Crippen MR) is 84.6 cm³/mol. The van der Waals surface area contributed by atoms with E-state index in [1.165, 1.54) is 0 Å². The standard InChI is InChI=1S/C16H19N5/c1-4-11(2)18-15-8-12(3)19-16(21-15)20-14-7-5-6-13(9-14)10-17/h5-9,11H,4H2,1-3H3,(H2,18,19,20,21). The minimum atomic E-state index is 0.356. The summed E-state index contributed by atoms with van der Waals surface area (Å²) in [7, 11) is 0. The average Bonchev–Trinajstić information content (AvgIpc) is 2.46. The van der Waals surface area contributed by atoms with Crippen LogP contribution in [-0.2, 0) is 0 Å². The van der Waals surface area contributed by atoms with E-state index in [1.54, 1.807) is 12.1 Å². The van der Waals surface area contributed by atoms with E-state index in [9.17, 15) is 0 Å². The summed E-state index contributed by atoms with van der Waals surface area (Å²) in [6.07, 6.45) is 1.02. The van der Waals surface area contributed by atoms with Crippen molar-refractivity contribution in [3.8, 4) is 6.07 Å². The highest BCUT2D eigenvalue weighted by Gasteiger charge is 2.05. The third-order valence-electron chi connectivity index (χ3n) is 3.11. The summed E-state index contributed by atoms with van der Waals surface area (Å²) in [5.74, 6) is 1.33. The van der Waals surface area contributed by atoms with E-state index >= 15 is 0 Å². The molecule has 5 nitrogen and oxygen atoms in total. The molecule has 0 aliphatic rings. The third kappa shape index (κ3) is 4.18. The molecule has 0 saturated heterocycles. The normalized spacial score (nSPS) is 11.5. The summed E-state index contributed by atoms with van der Waals surface area (Å²) in [5, 5.41) is 15.4. The molecule has 2 aromatic rings. The van der Waals surface area contributed by atoms with Gasteiger partial charge in [-0.2, -0.15) is 10.2 Å². The second kappa shape index (κ2) is 6.71. The first-order chi connectivity index (χ1) is 10.1. The van der Waals surface area contributed by atoms with Crippen molar-refractivity contribution >= 4 is 17.5 Å². The molecule has 0 aliphatic heterocycles. The van der Waals surface area contributed by atoms with Crippen molar-refractivity contribution in [2.24, 2.45) is 0 Å². The lowest BCUT2D eigenvalue weighted by atomic mass is 10.2. The van der Waals surface area contributed by atoms with Gasteiger partial charge in [-0.25, -0.2) is 4.98 Å². The smallest absolute Gasteiger partial charge is 0.229 e. The Kier molecular flexibility index (Phi) is 4.72. The van der Waals surface area contributed by atoms with E-state index in [2.05, 4.69) is 40.5 Å². The van der Waals surface area contributed by atoms with Crippen LogP contribution in [0.5, 0.6) is 0 Å². The molecule has 108 valence electrons. The minimum absolute atomic E-state index is 0.356. The summed E-state index contributed by atoms with van der Waals surface area (Å²) < 4.78 is 0. The van der Waals surface area contributed by atoms with Gasteiger partial charge in [-0.05, 0) is 38.5 Å². The Morgan fingerprint density at radius 2 is 2.10 bits per heavy atom. The van der Waals surface area contributed by atoms with Crippen LogP contribution in [0.1, 0.15) is 31.5 Å². The molecule has 2 N–H and O–H groups in total. The molecule has 0 fully saturated rings. The Morgan fingerprint density at radius 1 is 1.29 bits per heavy atom. The molecule has 1 atom stereocenters. The van der Waals surface area contributed by atoms with Crippen molar-refractivity contribution in [3.05, 3.63) is 41.6 Å². The Bertz CT molecular complexity index is 660. The van der Waals surface area contributed by atoms with Crippen LogP contribution >= 0.6 is 0 Å². The molecular weight excluding hydrogens is 262 g/mol. The monoisotopic (exact) mass is 281 g/mol. The molecule has 1 aromatic carbocycles. The fraction of sp³-hybridized carbons (Fsp3) is 0.312. The zero-order chi connectivity index (χ0) is 15.2. The van der Waals surface area contributed by atoms with E-state index in [0.29, 0.717) is 17.6 Å². The zero-order valence-corrected chi connectivity index (χ0v) is 12.5. The van der Waals surface area contributed by atoms with Crippen molar-refractivity contribution in [2.45, 2.75) is 33.2 Å². The van der Waals surface area contributed by atoms with Gasteiger partial charge in [0.15, 0.2) is 0 Å². The van der Waals surface area contributed by atoms with Crippen LogP contribution in [-0.4, -0.2) is 16.0 Å². The lowest BCUT2D eigenvalue weighted by Gasteiger charge is -2.14. The molecule has 5 heteroatoms. The number of rotatable bonds is 5. The van der Waals surface area contributed by atoms with Gasteiger partial charge in [-0.1, -0.05) is 13.0 Å². The number of nitrogens with one attached hydrogen (secondary N) is 2. The highest BCUT2D eigenvalue weighted by Crippen LogP contribution is 2.17. The van der Waals surface area contributed by atoms with E-state index in [-0.39, 0.29) is 0 Å². The average molecular weight is 281 g/mol. The number of aromatic nitrogens is 2. The van der Waals surface area contributed by atoms with Crippen LogP contribution in [0.2, 0.25) is 0 Å². The van der Waals surface area contributed by atoms with Crippen molar-refractivity contribution in [1.29, 1.82) is 5.26 Å². The number of hydrogen-bond acceptors (Lipinski definition) is 5. The van der Waals surface area contributed by atoms with E-state index in [1.807, 2.05) is 25.1 Å². The largest absolute Gasteiger partial charge is 0.367 e. The van der Waals surface area contributed by atoms with Crippen LogP contribution in [0.3, 0.4) is 0 Å². The zero-order valence-electron chi connectivity index (χ0n) is 12.5. The van der Waals surface area contributed by atoms with Crippen molar-refractivity contribution in [3.63, 3.8) is 0 Å². The number of nitrogens with zero attached hydrogens (tertiary/aromatic N) is 3. The van der Waals surface area contributed by atoms with Crippen molar-refractivity contribution in [2.75, 3.05) is 10.6 Å². The molecule has 1 aromatic heterocycles. The first-order valence-corrected chi connectivity index (χ1v) is 7.00. The number of benzene rings is 1. The molecule has 1 heterocycles. The van der Waals surface area contributed by atoms with Gasteiger partial charge in [0.2, 0.25) is 5.95 Å². The molecule has 0 saturated carbocycles. The van der Waals surface area contributed by atoms with E-state index in [4.69, 9.17) is 5.26 Å². The van der Waals surface area contributed by atoms with Gasteiger partial charge < -0.3 is 10.6 Å². The van der Waals surface area contributed by atoms with Gasteiger partial charge in [-0.3, -0.25) is 0 Å². The van der Waals surface area contributed by atoms with Crippen molar-refractivity contribution in [1.82, 2.24) is 9.97 Å². The second-order valence-corrected chi connectivity index (χ2v) is 4.99. The topological polar surface area (TPSA) is 73.6 Å². The van der Waals surface area contributed by atoms with Crippen molar-refractivity contribution < 1.29 is 0 Å². The van der Waals surface area contributed by atoms with E-state index in [0.717, 1.165) is 23.6 Å². The second-order valence-electron chi connectivity index (χ2n) is 4.99. The van der Waals surface area contributed by atoms with Crippen LogP contribution in [0, 0.1) is 18.3 Å². The Morgan fingerprint density at radius 3 is 2.81 bits per heavy atom. The quantitative estimate of drug-likeness (QED) is 0.875. The van der Waals surface area contributed by atoms with Crippen LogP contribution in [0.4, 0.5) is 17.5 Å². The molecule has 0 aliphatic carbocycles. The molecular formula is C16H19N5. The highest BCUT2D eigenvalue weighted by atomic mass is 15.1. The molecule has 0 amide bonds. The number of nitriles is 1. The van der Waals surface area contributed by atoms with Gasteiger partial charge in [0.25, 0.3) is 0 Å². The fourth-order valence-corrected chi connectivity index (χ4v) is 1.85. The first-order valence-electron chi connectivity index (χ1n) is 7.00. The summed E-state index contributed by atoms with van der Waals surface area (Å²) in [4.78, 5) is 8.83. The lowest BCUT2D eigenvalue weighted by molar-refractivity contribution is 0.758. The highest BCUT2D eigenvalue weighted by molar-refractivity contribution is 5.57. The van der Waals surface area contributed by atoms with Gasteiger partial charge in [0.1, 0.15) is 5.82 Å². The maximum atomic E-state index is 8.92. The molecule has 0 radical (unpaired) electrons. The molecule has 0 bridgehead atoms. The SMILES string of the molecule is CCC(C)Nc1cc(C)nc(Nc2cccc(C#N)c2)n1. The summed E-state index contributed by atoms with van der Waals surface area (Å²) >= 11 is 0. The van der Waals surface area contributed by atoms with Gasteiger partial charge in [-0.15, -0.1) is 0 Å². The Balaban J connectivity index is 2.21. The Labute approximate surface area is 125 Å². The predicted octanol–water partition coefficient (Wildman–Crippen LogP) is 3.61. The molecule has 0 spiro atoms. The van der Waals surface area contributed by atoms with Crippen LogP contribution < -0.4 is 10.6 Å². The van der Waals surface area contributed by atoms with E-state index < -0.39 is 0 Å².